The fourth-order valence-corrected chi connectivity index (χ4v) is 2.83. The molecular formula is C18H31N5O. The lowest BCUT2D eigenvalue weighted by Crippen LogP contribution is -2.32. The fourth-order valence-electron chi connectivity index (χ4n) is 2.83. The summed E-state index contributed by atoms with van der Waals surface area (Å²) >= 11 is 0. The van der Waals surface area contributed by atoms with Gasteiger partial charge >= 0.3 is 0 Å². The highest BCUT2D eigenvalue weighted by molar-refractivity contribution is 5.76. The van der Waals surface area contributed by atoms with Crippen LogP contribution in [0.1, 0.15) is 43.8 Å². The van der Waals surface area contributed by atoms with Crippen molar-refractivity contribution in [2.45, 2.75) is 32.4 Å². The van der Waals surface area contributed by atoms with E-state index in [1.807, 2.05) is 31.3 Å². The number of hydrogen-bond acceptors (Lipinski definition) is 6. The van der Waals surface area contributed by atoms with Gasteiger partial charge in [-0.1, -0.05) is 6.07 Å². The van der Waals surface area contributed by atoms with E-state index in [0.717, 1.165) is 69.9 Å². The van der Waals surface area contributed by atoms with Gasteiger partial charge in [-0.2, -0.15) is 0 Å². The van der Waals surface area contributed by atoms with Crippen molar-refractivity contribution in [1.82, 2.24) is 15.2 Å². The quantitative estimate of drug-likeness (QED) is 0.855. The number of nitrogens with two attached hydrogens (primary N) is 1. The molecule has 0 amide bonds. The zero-order valence-corrected chi connectivity index (χ0v) is 14.8. The molecule has 0 saturated heterocycles. The number of nitrogens with one attached hydrogen (secondary N) is 1. The maximum absolute atomic E-state index is 5.83. The topological polar surface area (TPSA) is 75.8 Å². The molecule has 24 heavy (non-hydrogen) atoms. The highest BCUT2D eigenvalue weighted by Crippen LogP contribution is 2.12. The number of hydrogen-bond donors (Lipinski definition) is 2. The first-order valence-electron chi connectivity index (χ1n) is 9.07. The first-order valence-corrected chi connectivity index (χ1v) is 9.07. The molecule has 1 aliphatic heterocycles. The lowest BCUT2D eigenvalue weighted by atomic mass is 10.2. The van der Waals surface area contributed by atoms with Crippen LogP contribution in [0.3, 0.4) is 0 Å². The lowest BCUT2D eigenvalue weighted by molar-refractivity contribution is 0.0336. The Labute approximate surface area is 145 Å². The number of pyridine rings is 1. The second-order valence-corrected chi connectivity index (χ2v) is 6.00. The van der Waals surface area contributed by atoms with Gasteiger partial charge in [-0.05, 0) is 71.0 Å². The first kappa shape index (κ1) is 19.0. The van der Waals surface area contributed by atoms with Gasteiger partial charge in [0.05, 0.1) is 11.4 Å². The number of aliphatic imine (C=N–C) groups is 1. The van der Waals surface area contributed by atoms with Crippen molar-refractivity contribution in [3.8, 4) is 0 Å². The van der Waals surface area contributed by atoms with Gasteiger partial charge in [-0.25, -0.2) is 4.98 Å². The molecule has 2 heterocycles. The summed E-state index contributed by atoms with van der Waals surface area (Å²) in [7, 11) is 0. The van der Waals surface area contributed by atoms with Crippen LogP contribution in [0.5, 0.6) is 0 Å². The summed E-state index contributed by atoms with van der Waals surface area (Å²) < 4.78 is 5.83. The van der Waals surface area contributed by atoms with Crippen LogP contribution in [0.2, 0.25) is 0 Å². The largest absolute Gasteiger partial charge is 0.358 e. The normalized spacial score (nSPS) is 20.7. The van der Waals surface area contributed by atoms with Crippen LogP contribution in [0.25, 0.3) is 0 Å². The molecule has 0 aromatic carbocycles. The monoisotopic (exact) mass is 333 g/mol. The van der Waals surface area contributed by atoms with Crippen LogP contribution in [0.15, 0.2) is 23.2 Å². The van der Waals surface area contributed by atoms with E-state index in [0.29, 0.717) is 6.61 Å². The van der Waals surface area contributed by atoms with E-state index in [-0.39, 0.29) is 6.23 Å². The van der Waals surface area contributed by atoms with E-state index < -0.39 is 0 Å². The van der Waals surface area contributed by atoms with Crippen LogP contribution >= 0.6 is 0 Å². The summed E-state index contributed by atoms with van der Waals surface area (Å²) in [5.74, 6) is 0. The summed E-state index contributed by atoms with van der Waals surface area (Å²) in [5, 5.41) is 3.48. The second-order valence-electron chi connectivity index (χ2n) is 6.00. The average molecular weight is 333 g/mol. The maximum Gasteiger partial charge on any atom is 0.151 e. The molecular weight excluding hydrogens is 302 g/mol. The fraction of sp³-hybridized carbons (Fsp3) is 0.667. The third kappa shape index (κ3) is 6.65. The summed E-state index contributed by atoms with van der Waals surface area (Å²) in [5.41, 5.74) is 7.45. The first-order chi connectivity index (χ1) is 11.8. The third-order valence-electron chi connectivity index (χ3n) is 4.04. The van der Waals surface area contributed by atoms with Crippen LogP contribution in [-0.4, -0.2) is 62.0 Å². The van der Waals surface area contributed by atoms with E-state index in [9.17, 15) is 0 Å². The molecule has 1 aromatic heterocycles. The van der Waals surface area contributed by atoms with Gasteiger partial charge in [-0.3, -0.25) is 10.3 Å². The highest BCUT2D eigenvalue weighted by Gasteiger charge is 2.13. The Hall–Kier alpha value is -1.34. The predicted molar refractivity (Wildman–Crippen MR) is 98.4 cm³/mol. The van der Waals surface area contributed by atoms with Gasteiger partial charge in [0.2, 0.25) is 0 Å². The van der Waals surface area contributed by atoms with Crippen molar-refractivity contribution >= 4 is 6.21 Å². The van der Waals surface area contributed by atoms with E-state index in [1.54, 1.807) is 0 Å². The van der Waals surface area contributed by atoms with Crippen LogP contribution < -0.4 is 11.1 Å². The van der Waals surface area contributed by atoms with Gasteiger partial charge in [-0.15, -0.1) is 0 Å². The van der Waals surface area contributed by atoms with Crippen molar-refractivity contribution in [3.05, 3.63) is 29.6 Å². The summed E-state index contributed by atoms with van der Waals surface area (Å²) in [6, 6.07) is 6.00. The van der Waals surface area contributed by atoms with Crippen LogP contribution in [-0.2, 0) is 4.74 Å². The summed E-state index contributed by atoms with van der Waals surface area (Å²) in [6.07, 6.45) is 4.89. The second kappa shape index (κ2) is 11.3. The zero-order chi connectivity index (χ0) is 17.0. The predicted octanol–water partition coefficient (Wildman–Crippen LogP) is 1.57. The molecule has 0 aliphatic carbocycles. The number of nitrogens with zero attached hydrogens (tertiary/aromatic N) is 3. The van der Waals surface area contributed by atoms with Crippen molar-refractivity contribution in [1.29, 1.82) is 0 Å². The molecule has 2 bridgehead atoms. The molecule has 6 nitrogen and oxygen atoms in total. The smallest absolute Gasteiger partial charge is 0.151 e. The minimum atomic E-state index is -0.163. The molecule has 0 saturated carbocycles. The molecule has 2 rings (SSSR count). The Morgan fingerprint density at radius 2 is 2.21 bits per heavy atom. The molecule has 0 radical (unpaired) electrons. The minimum Gasteiger partial charge on any atom is -0.358 e. The van der Waals surface area contributed by atoms with Gasteiger partial charge in [0.25, 0.3) is 0 Å². The van der Waals surface area contributed by atoms with Gasteiger partial charge in [0.1, 0.15) is 0 Å². The average Bonchev–Trinajstić information content (AvgIpc) is 2.60. The number of aromatic nitrogens is 1. The lowest BCUT2D eigenvalue weighted by Gasteiger charge is -2.23. The molecule has 0 spiro atoms. The zero-order valence-electron chi connectivity index (χ0n) is 14.8. The molecule has 3 N–H and O–H groups in total. The van der Waals surface area contributed by atoms with E-state index in [1.165, 1.54) is 0 Å². The Morgan fingerprint density at radius 1 is 1.33 bits per heavy atom. The Balaban J connectivity index is 2.05. The van der Waals surface area contributed by atoms with Crippen molar-refractivity contribution < 1.29 is 4.74 Å². The SMILES string of the molecule is CCOC1NCCCN(CCCN)CCCN=Cc2cccc1n2. The summed E-state index contributed by atoms with van der Waals surface area (Å²) in [6.45, 7) is 8.35. The van der Waals surface area contributed by atoms with Gasteiger partial charge in [0.15, 0.2) is 6.23 Å². The Morgan fingerprint density at radius 3 is 3.04 bits per heavy atom. The van der Waals surface area contributed by atoms with E-state index in [4.69, 9.17) is 10.5 Å². The summed E-state index contributed by atoms with van der Waals surface area (Å²) in [4.78, 5) is 11.7. The van der Waals surface area contributed by atoms with E-state index in [2.05, 4.69) is 20.2 Å². The van der Waals surface area contributed by atoms with E-state index >= 15 is 0 Å². The van der Waals surface area contributed by atoms with Crippen molar-refractivity contribution in [2.75, 3.05) is 45.9 Å². The highest BCUT2D eigenvalue weighted by atomic mass is 16.5. The van der Waals surface area contributed by atoms with Crippen LogP contribution in [0, 0.1) is 0 Å². The third-order valence-corrected chi connectivity index (χ3v) is 4.04. The molecule has 0 fully saturated rings. The molecule has 1 atom stereocenters. The maximum atomic E-state index is 5.83. The minimum absolute atomic E-state index is 0.163. The molecule has 1 aliphatic rings. The van der Waals surface area contributed by atoms with Crippen LogP contribution in [0.4, 0.5) is 0 Å². The van der Waals surface area contributed by atoms with Crippen molar-refractivity contribution in [3.63, 3.8) is 0 Å². The van der Waals surface area contributed by atoms with Gasteiger partial charge < -0.3 is 15.4 Å². The molecule has 134 valence electrons. The number of rotatable bonds is 5. The molecule has 1 unspecified atom stereocenters. The number of ether oxygens (including phenoxy) is 1. The van der Waals surface area contributed by atoms with Gasteiger partial charge in [0, 0.05) is 19.4 Å². The Bertz CT molecular complexity index is 494. The Kier molecular flexibility index (Phi) is 8.91. The molecule has 6 heteroatoms. The standard InChI is InChI=1S/C18H31N5O/c1-2-24-18-17-8-3-7-16(22-17)15-20-10-5-13-23(12-4-9-19)14-6-11-21-18/h3,7-8,15,18,21H,2,4-6,9-14,19H2,1H3. The molecule has 1 aromatic rings. The van der Waals surface area contributed by atoms with Crippen molar-refractivity contribution in [2.24, 2.45) is 10.7 Å². The number of fused-ring (bicyclic) bond motifs is 2.